The number of nitrogens with zero attached hydrogens (tertiary/aromatic N) is 2. The van der Waals surface area contributed by atoms with Crippen LogP contribution in [-0.2, 0) is 31.3 Å². The maximum atomic E-state index is 11.7. The summed E-state index contributed by atoms with van der Waals surface area (Å²) >= 11 is 1.82. The Balaban J connectivity index is 0.000000309. The van der Waals surface area contributed by atoms with Crippen LogP contribution in [0.2, 0.25) is 0 Å². The first-order chi connectivity index (χ1) is 21.4. The Morgan fingerprint density at radius 2 is 1.54 bits per heavy atom. The topological polar surface area (TPSA) is 63.1 Å². The number of carbonyl (C=O) groups is 1. The van der Waals surface area contributed by atoms with Gasteiger partial charge in [0.1, 0.15) is 0 Å². The molecule has 0 saturated heterocycles. The number of aliphatic hydroxyl groups excluding tert-OH is 1. The zero-order chi connectivity index (χ0) is 32.9. The fraction of sp³-hybridized carbons (Fsp3) is 0.425. The molecule has 2 aromatic heterocycles. The minimum atomic E-state index is 0. The van der Waals surface area contributed by atoms with Gasteiger partial charge in [0, 0.05) is 63.9 Å². The summed E-state index contributed by atoms with van der Waals surface area (Å²) < 4.78 is 2.50. The number of hydrogen-bond acceptors (Lipinski definition) is 5. The summed E-state index contributed by atoms with van der Waals surface area (Å²) in [7, 11) is 0. The Morgan fingerprint density at radius 3 is 2.15 bits per heavy atom. The predicted molar refractivity (Wildman–Crippen MR) is 193 cm³/mol. The first-order valence-corrected chi connectivity index (χ1v) is 17.2. The molecule has 46 heavy (non-hydrogen) atoms. The number of benzene rings is 3. The third-order valence-electron chi connectivity index (χ3n) is 8.55. The number of hydrogen-bond donors (Lipinski definition) is 1. The number of fused-ring (bicyclic) bond motifs is 5. The number of aryl methyl sites for hydroxylation is 2. The van der Waals surface area contributed by atoms with Crippen molar-refractivity contribution >= 4 is 48.1 Å². The molecule has 5 rings (SSSR count). The van der Waals surface area contributed by atoms with E-state index in [1.807, 2.05) is 45.2 Å². The summed E-state index contributed by atoms with van der Waals surface area (Å²) in [6, 6.07) is 19.2. The van der Waals surface area contributed by atoms with E-state index in [2.05, 4.69) is 93.3 Å². The number of rotatable bonds is 9. The first kappa shape index (κ1) is 37.5. The molecule has 0 fully saturated rings. The molecule has 0 amide bonds. The van der Waals surface area contributed by atoms with E-state index < -0.39 is 0 Å². The van der Waals surface area contributed by atoms with Crippen LogP contribution in [0, 0.1) is 37.2 Å². The Bertz CT molecular complexity index is 1800. The molecule has 0 aliphatic rings. The molecule has 2 heterocycles. The van der Waals surface area contributed by atoms with Crippen LogP contribution in [0.5, 0.6) is 0 Å². The van der Waals surface area contributed by atoms with Gasteiger partial charge in [-0.05, 0) is 53.9 Å². The van der Waals surface area contributed by atoms with Crippen LogP contribution in [0.25, 0.3) is 42.2 Å². The molecule has 3 aromatic carbocycles. The van der Waals surface area contributed by atoms with Gasteiger partial charge in [-0.2, -0.15) is 10.2 Å². The van der Waals surface area contributed by atoms with Gasteiger partial charge in [-0.1, -0.05) is 92.6 Å². The van der Waals surface area contributed by atoms with E-state index in [9.17, 15) is 9.90 Å². The fourth-order valence-corrected chi connectivity index (χ4v) is 7.45. The van der Waals surface area contributed by atoms with Gasteiger partial charge in [0.2, 0.25) is 0 Å². The van der Waals surface area contributed by atoms with Crippen LogP contribution in [0.1, 0.15) is 90.8 Å². The summed E-state index contributed by atoms with van der Waals surface area (Å²) in [5.74, 6) is 0.547. The Hall–Kier alpha value is -2.92. The molecular weight excluding hydrogens is 765 g/mol. The number of aliphatic hydroxyl groups is 1. The standard InChI is InChI=1S/C27H25N2S.C13H24O2.Ir/c1-16-10-17(2)12-20(11-16)24-26-23(15-28-29-24)22-9-7-19-13-18(14-27(3,4)5)6-8-21(19)25(22)30-26;1-5-10(6-2)12(14)9-13(15)11(7-3)8-4;/h6-11,13,15H,14H2,1-5H3;9-11,14H,5-8H2,1-4H3;/q-1;;/b;12-9-;. The van der Waals surface area contributed by atoms with E-state index in [1.165, 1.54) is 48.1 Å². The summed E-state index contributed by atoms with van der Waals surface area (Å²) in [5.41, 5.74) is 5.97. The van der Waals surface area contributed by atoms with Crippen molar-refractivity contribution in [1.29, 1.82) is 0 Å². The van der Waals surface area contributed by atoms with Crippen molar-refractivity contribution < 1.29 is 30.0 Å². The molecule has 0 spiro atoms. The number of aromatic nitrogens is 2. The largest absolute Gasteiger partial charge is 0.512 e. The number of carbonyl (C=O) groups excluding carboxylic acids is 1. The van der Waals surface area contributed by atoms with Crippen molar-refractivity contribution in [3.8, 4) is 11.3 Å². The normalized spacial score (nSPS) is 12.1. The summed E-state index contributed by atoms with van der Waals surface area (Å²) in [5, 5.41) is 23.7. The molecule has 247 valence electrons. The maximum absolute atomic E-state index is 11.7. The van der Waals surface area contributed by atoms with E-state index in [1.54, 1.807) is 0 Å². The summed E-state index contributed by atoms with van der Waals surface area (Å²) in [6.45, 7) is 19.1. The second kappa shape index (κ2) is 16.3. The molecule has 0 atom stereocenters. The molecule has 1 N–H and O–H groups in total. The minimum absolute atomic E-state index is 0. The van der Waals surface area contributed by atoms with Crippen molar-refractivity contribution in [2.24, 2.45) is 17.3 Å². The molecular formula is C40H49IrN2O2S-. The number of allylic oxidation sites excluding steroid dienone is 2. The average molecular weight is 814 g/mol. The Kier molecular flexibility index (Phi) is 13.3. The smallest absolute Gasteiger partial charge is 0.162 e. The van der Waals surface area contributed by atoms with Crippen molar-refractivity contribution in [2.75, 3.05) is 0 Å². The molecule has 0 unspecified atom stereocenters. The van der Waals surface area contributed by atoms with E-state index >= 15 is 0 Å². The van der Waals surface area contributed by atoms with Crippen LogP contribution in [0.3, 0.4) is 0 Å². The monoisotopic (exact) mass is 814 g/mol. The molecule has 5 aromatic rings. The van der Waals surface area contributed by atoms with Gasteiger partial charge in [-0.25, -0.2) is 0 Å². The Morgan fingerprint density at radius 1 is 0.891 bits per heavy atom. The zero-order valence-corrected chi connectivity index (χ0v) is 32.1. The molecule has 0 bridgehead atoms. The van der Waals surface area contributed by atoms with E-state index in [-0.39, 0.29) is 48.9 Å². The number of thiophene rings is 1. The maximum Gasteiger partial charge on any atom is 0.162 e. The predicted octanol–water partition coefficient (Wildman–Crippen LogP) is 11.5. The van der Waals surface area contributed by atoms with Crippen LogP contribution < -0.4 is 0 Å². The van der Waals surface area contributed by atoms with Crippen molar-refractivity contribution in [2.45, 2.75) is 94.4 Å². The molecule has 6 heteroatoms. The van der Waals surface area contributed by atoms with Gasteiger partial charge in [0.25, 0.3) is 0 Å². The quantitative estimate of drug-likeness (QED) is 0.0915. The first-order valence-electron chi connectivity index (χ1n) is 16.4. The van der Waals surface area contributed by atoms with Gasteiger partial charge in [-0.3, -0.25) is 4.79 Å². The average Bonchev–Trinajstić information content (AvgIpc) is 3.36. The van der Waals surface area contributed by atoms with Gasteiger partial charge in [0.05, 0.1) is 12.0 Å². The van der Waals surface area contributed by atoms with E-state index in [4.69, 9.17) is 0 Å². The third-order valence-corrected chi connectivity index (χ3v) is 9.81. The second-order valence-electron chi connectivity index (χ2n) is 13.5. The molecule has 1 radical (unpaired) electrons. The molecule has 0 saturated carbocycles. The van der Waals surface area contributed by atoms with Gasteiger partial charge in [-0.15, -0.1) is 46.2 Å². The zero-order valence-electron chi connectivity index (χ0n) is 28.9. The van der Waals surface area contributed by atoms with Crippen LogP contribution in [0.4, 0.5) is 0 Å². The van der Waals surface area contributed by atoms with Gasteiger partial charge >= 0.3 is 0 Å². The van der Waals surface area contributed by atoms with Crippen LogP contribution >= 0.6 is 11.3 Å². The third kappa shape index (κ3) is 8.91. The number of ketones is 1. The Labute approximate surface area is 293 Å². The molecule has 0 aliphatic heterocycles. The van der Waals surface area contributed by atoms with Gasteiger partial charge in [0.15, 0.2) is 5.78 Å². The fourth-order valence-electron chi connectivity index (χ4n) is 6.15. The van der Waals surface area contributed by atoms with Crippen LogP contribution in [-0.4, -0.2) is 21.1 Å². The second-order valence-corrected chi connectivity index (χ2v) is 14.5. The molecule has 4 nitrogen and oxygen atoms in total. The molecule has 0 aliphatic carbocycles. The van der Waals surface area contributed by atoms with Crippen LogP contribution in [0.15, 0.2) is 60.5 Å². The van der Waals surface area contributed by atoms with Crippen molar-refractivity contribution in [3.05, 3.63) is 83.3 Å². The SMILES string of the molecule is CCC(CC)C(=O)/C=C(\O)C(CC)CC.Cc1[c-]c(-c2nncc3c2sc2c4ccc(CC(C)(C)C)cc4ccc32)cc(C)c1.[Ir]. The van der Waals surface area contributed by atoms with Crippen molar-refractivity contribution in [1.82, 2.24) is 10.2 Å². The summed E-state index contributed by atoms with van der Waals surface area (Å²) in [6.07, 6.45) is 7.89. The van der Waals surface area contributed by atoms with E-state index in [0.29, 0.717) is 0 Å². The minimum Gasteiger partial charge on any atom is -0.512 e. The summed E-state index contributed by atoms with van der Waals surface area (Å²) in [4.78, 5) is 11.7. The van der Waals surface area contributed by atoms with Gasteiger partial charge < -0.3 is 5.11 Å². The van der Waals surface area contributed by atoms with Crippen molar-refractivity contribution in [3.63, 3.8) is 0 Å². The van der Waals surface area contributed by atoms with E-state index in [0.717, 1.165) is 48.9 Å².